The van der Waals surface area contributed by atoms with E-state index in [4.69, 9.17) is 0 Å². The molecule has 0 radical (unpaired) electrons. The summed E-state index contributed by atoms with van der Waals surface area (Å²) >= 11 is 3.41. The van der Waals surface area contributed by atoms with Crippen molar-refractivity contribution < 1.29 is 9.18 Å². The van der Waals surface area contributed by atoms with Crippen molar-refractivity contribution in [1.29, 1.82) is 0 Å². The highest BCUT2D eigenvalue weighted by Crippen LogP contribution is 2.18. The Balaban J connectivity index is 3.45. The molecule has 0 heterocycles. The first kappa shape index (κ1) is 14.1. The van der Waals surface area contributed by atoms with Gasteiger partial charge in [0.2, 0.25) is 0 Å². The SMILES string of the molecule is CCCCCCC(Br)CC(F)C(C)=O. The number of carbonyl (C=O) groups is 1. The molecule has 0 aromatic heterocycles. The third kappa shape index (κ3) is 7.48. The molecule has 0 aliphatic rings. The zero-order valence-corrected chi connectivity index (χ0v) is 10.6. The van der Waals surface area contributed by atoms with Crippen molar-refractivity contribution in [2.45, 2.75) is 63.4 Å². The summed E-state index contributed by atoms with van der Waals surface area (Å²) in [7, 11) is 0. The van der Waals surface area contributed by atoms with Crippen LogP contribution in [0.1, 0.15) is 52.4 Å². The van der Waals surface area contributed by atoms with Gasteiger partial charge in [0.15, 0.2) is 12.0 Å². The topological polar surface area (TPSA) is 17.1 Å². The van der Waals surface area contributed by atoms with E-state index in [1.54, 1.807) is 0 Å². The first-order valence-electron chi connectivity index (χ1n) is 5.36. The first-order chi connectivity index (χ1) is 6.57. The summed E-state index contributed by atoms with van der Waals surface area (Å²) in [5, 5.41) is 0. The van der Waals surface area contributed by atoms with Gasteiger partial charge in [0, 0.05) is 4.83 Å². The zero-order valence-electron chi connectivity index (χ0n) is 9.06. The van der Waals surface area contributed by atoms with Crippen LogP contribution in [0.3, 0.4) is 0 Å². The second-order valence-corrected chi connectivity index (χ2v) is 5.06. The van der Waals surface area contributed by atoms with Gasteiger partial charge in [-0.1, -0.05) is 48.5 Å². The monoisotopic (exact) mass is 266 g/mol. The number of alkyl halides is 2. The van der Waals surface area contributed by atoms with E-state index in [2.05, 4.69) is 22.9 Å². The van der Waals surface area contributed by atoms with E-state index in [1.807, 2.05) is 0 Å². The molecular weight excluding hydrogens is 247 g/mol. The normalized spacial score (nSPS) is 15.1. The van der Waals surface area contributed by atoms with Gasteiger partial charge in [-0.05, 0) is 19.8 Å². The largest absolute Gasteiger partial charge is 0.297 e. The fraction of sp³-hybridized carbons (Fsp3) is 0.909. The minimum absolute atomic E-state index is 0.151. The molecular formula is C11H20BrFO. The van der Waals surface area contributed by atoms with Gasteiger partial charge < -0.3 is 0 Å². The molecule has 0 rings (SSSR count). The lowest BCUT2D eigenvalue weighted by molar-refractivity contribution is -0.121. The van der Waals surface area contributed by atoms with Gasteiger partial charge in [0.25, 0.3) is 0 Å². The number of hydrogen-bond donors (Lipinski definition) is 0. The fourth-order valence-corrected chi connectivity index (χ4v) is 1.95. The van der Waals surface area contributed by atoms with E-state index in [-0.39, 0.29) is 10.6 Å². The van der Waals surface area contributed by atoms with Crippen LogP contribution in [0.15, 0.2) is 0 Å². The summed E-state index contributed by atoms with van der Waals surface area (Å²) in [5.41, 5.74) is 0. The highest BCUT2D eigenvalue weighted by atomic mass is 79.9. The Kier molecular flexibility index (Phi) is 8.44. The Morgan fingerprint density at radius 3 is 2.50 bits per heavy atom. The molecule has 0 aromatic rings. The summed E-state index contributed by atoms with van der Waals surface area (Å²) in [6.45, 7) is 3.47. The molecule has 0 aliphatic heterocycles. The molecule has 0 fully saturated rings. The smallest absolute Gasteiger partial charge is 0.163 e. The molecule has 0 aromatic carbocycles. The number of ketones is 1. The standard InChI is InChI=1S/C11H20BrFO/c1-3-4-5-6-7-10(12)8-11(13)9(2)14/h10-11H,3-8H2,1-2H3. The molecule has 84 valence electrons. The molecule has 0 bridgehead atoms. The predicted molar refractivity (Wildman–Crippen MR) is 61.7 cm³/mol. The van der Waals surface area contributed by atoms with Crippen LogP contribution in [0.25, 0.3) is 0 Å². The van der Waals surface area contributed by atoms with E-state index < -0.39 is 6.17 Å². The third-order valence-electron chi connectivity index (χ3n) is 2.27. The number of halogens is 2. The second-order valence-electron chi connectivity index (χ2n) is 3.76. The van der Waals surface area contributed by atoms with E-state index in [0.717, 1.165) is 12.8 Å². The van der Waals surface area contributed by atoms with Gasteiger partial charge in [-0.3, -0.25) is 4.79 Å². The minimum Gasteiger partial charge on any atom is -0.297 e. The minimum atomic E-state index is -1.29. The van der Waals surface area contributed by atoms with E-state index >= 15 is 0 Å². The molecule has 0 saturated heterocycles. The van der Waals surface area contributed by atoms with Crippen LogP contribution in [0.5, 0.6) is 0 Å². The first-order valence-corrected chi connectivity index (χ1v) is 6.28. The molecule has 0 spiro atoms. The van der Waals surface area contributed by atoms with Crippen molar-refractivity contribution >= 4 is 21.7 Å². The van der Waals surface area contributed by atoms with E-state index in [9.17, 15) is 9.18 Å². The summed E-state index contributed by atoms with van der Waals surface area (Å²) in [5.74, 6) is -0.358. The number of carbonyl (C=O) groups excluding carboxylic acids is 1. The number of rotatable bonds is 8. The van der Waals surface area contributed by atoms with E-state index in [0.29, 0.717) is 6.42 Å². The lowest BCUT2D eigenvalue weighted by Crippen LogP contribution is -2.16. The van der Waals surface area contributed by atoms with Crippen molar-refractivity contribution in [2.75, 3.05) is 0 Å². The molecule has 2 unspecified atom stereocenters. The Hall–Kier alpha value is 0.0800. The quantitative estimate of drug-likeness (QED) is 0.479. The van der Waals surface area contributed by atoms with Gasteiger partial charge in [-0.2, -0.15) is 0 Å². The fourth-order valence-electron chi connectivity index (χ4n) is 1.30. The van der Waals surface area contributed by atoms with Crippen LogP contribution in [0.2, 0.25) is 0 Å². The number of unbranched alkanes of at least 4 members (excludes halogenated alkanes) is 3. The van der Waals surface area contributed by atoms with Crippen molar-refractivity contribution in [3.8, 4) is 0 Å². The van der Waals surface area contributed by atoms with Crippen LogP contribution < -0.4 is 0 Å². The molecule has 0 saturated carbocycles. The van der Waals surface area contributed by atoms with Gasteiger partial charge in [0.1, 0.15) is 0 Å². The van der Waals surface area contributed by atoms with Crippen LogP contribution >= 0.6 is 15.9 Å². The lowest BCUT2D eigenvalue weighted by Gasteiger charge is -2.10. The highest BCUT2D eigenvalue weighted by Gasteiger charge is 2.16. The van der Waals surface area contributed by atoms with Gasteiger partial charge in [-0.15, -0.1) is 0 Å². The maximum atomic E-state index is 13.0. The Morgan fingerprint density at radius 2 is 2.00 bits per heavy atom. The Bertz CT molecular complexity index is 161. The molecule has 14 heavy (non-hydrogen) atoms. The maximum absolute atomic E-state index is 13.0. The second kappa shape index (κ2) is 8.39. The van der Waals surface area contributed by atoms with Gasteiger partial charge in [0.05, 0.1) is 0 Å². The molecule has 0 amide bonds. The molecule has 3 heteroatoms. The zero-order chi connectivity index (χ0) is 11.0. The van der Waals surface area contributed by atoms with Crippen molar-refractivity contribution in [2.24, 2.45) is 0 Å². The molecule has 0 N–H and O–H groups in total. The third-order valence-corrected chi connectivity index (χ3v) is 3.11. The Labute approximate surface area is 94.6 Å². The molecule has 0 aliphatic carbocycles. The number of Topliss-reactive ketones (excluding diaryl/α,β-unsaturated/α-hetero) is 1. The summed E-state index contributed by atoms with van der Waals surface area (Å²) in [6, 6.07) is 0. The van der Waals surface area contributed by atoms with Crippen molar-refractivity contribution in [3.63, 3.8) is 0 Å². The molecule has 2 atom stereocenters. The van der Waals surface area contributed by atoms with Crippen molar-refractivity contribution in [1.82, 2.24) is 0 Å². The summed E-state index contributed by atoms with van der Waals surface area (Å²) in [6.07, 6.45) is 4.78. The van der Waals surface area contributed by atoms with Crippen LogP contribution in [-0.4, -0.2) is 16.8 Å². The number of hydrogen-bond acceptors (Lipinski definition) is 1. The van der Waals surface area contributed by atoms with Gasteiger partial charge in [-0.25, -0.2) is 4.39 Å². The summed E-state index contributed by atoms with van der Waals surface area (Å²) < 4.78 is 13.0. The maximum Gasteiger partial charge on any atom is 0.163 e. The van der Waals surface area contributed by atoms with Crippen LogP contribution in [-0.2, 0) is 4.79 Å². The van der Waals surface area contributed by atoms with Crippen molar-refractivity contribution in [3.05, 3.63) is 0 Å². The van der Waals surface area contributed by atoms with E-state index in [1.165, 1.54) is 26.2 Å². The summed E-state index contributed by atoms with van der Waals surface area (Å²) in [4.78, 5) is 10.8. The molecule has 1 nitrogen and oxygen atoms in total. The van der Waals surface area contributed by atoms with Crippen LogP contribution in [0.4, 0.5) is 4.39 Å². The predicted octanol–water partition coefficient (Wildman–Crippen LogP) is 4.04. The average molecular weight is 267 g/mol. The van der Waals surface area contributed by atoms with Gasteiger partial charge >= 0.3 is 0 Å². The highest BCUT2D eigenvalue weighted by molar-refractivity contribution is 9.09. The van der Waals surface area contributed by atoms with Crippen LogP contribution in [0, 0.1) is 0 Å². The average Bonchev–Trinajstić information content (AvgIpc) is 2.12. The lowest BCUT2D eigenvalue weighted by atomic mass is 10.1. The Morgan fingerprint density at radius 1 is 1.36 bits per heavy atom.